The lowest BCUT2D eigenvalue weighted by Gasteiger charge is -2.14. The zero-order valence-corrected chi connectivity index (χ0v) is 7.63. The molecule has 0 spiro atoms. The maximum Gasteiger partial charge on any atom is 0.0970 e. The Balaban J connectivity index is 3.45. The van der Waals surface area contributed by atoms with Gasteiger partial charge in [0, 0.05) is 6.04 Å². The second kappa shape index (κ2) is 4.44. The van der Waals surface area contributed by atoms with Gasteiger partial charge in [-0.15, -0.1) is 0 Å². The van der Waals surface area contributed by atoms with E-state index in [1.165, 1.54) is 0 Å². The molecule has 0 aliphatic heterocycles. The van der Waals surface area contributed by atoms with E-state index in [4.69, 9.17) is 5.73 Å². The molecule has 0 saturated heterocycles. The summed E-state index contributed by atoms with van der Waals surface area (Å²) >= 11 is 0. The summed E-state index contributed by atoms with van der Waals surface area (Å²) in [5.74, 6) is 0. The molecule has 0 rings (SSSR count). The van der Waals surface area contributed by atoms with Gasteiger partial charge in [0.2, 0.25) is 0 Å². The highest BCUT2D eigenvalue weighted by Gasteiger charge is 2.17. The Morgan fingerprint density at radius 1 is 1.55 bits per heavy atom. The van der Waals surface area contributed by atoms with Gasteiger partial charge in [0.25, 0.3) is 0 Å². The lowest BCUT2D eigenvalue weighted by molar-refractivity contribution is 0.438. The minimum atomic E-state index is -0.408. The van der Waals surface area contributed by atoms with Gasteiger partial charge in [-0.05, 0) is 40.0 Å². The molecule has 11 heavy (non-hydrogen) atoms. The monoisotopic (exact) mass is 158 g/mol. The third-order valence-corrected chi connectivity index (χ3v) is 1.70. The third-order valence-electron chi connectivity index (χ3n) is 1.70. The van der Waals surface area contributed by atoms with Gasteiger partial charge in [-0.2, -0.15) is 4.91 Å². The molecule has 0 bridgehead atoms. The van der Waals surface area contributed by atoms with Gasteiger partial charge in [0.15, 0.2) is 0 Å². The van der Waals surface area contributed by atoms with Gasteiger partial charge in [0.1, 0.15) is 0 Å². The van der Waals surface area contributed by atoms with Crippen LogP contribution in [0.5, 0.6) is 0 Å². The van der Waals surface area contributed by atoms with Crippen LogP contribution in [0.15, 0.2) is 5.18 Å². The molecule has 0 aromatic heterocycles. The van der Waals surface area contributed by atoms with E-state index in [0.717, 1.165) is 19.3 Å². The van der Waals surface area contributed by atoms with E-state index in [9.17, 15) is 4.91 Å². The van der Waals surface area contributed by atoms with Crippen LogP contribution in [0.1, 0.15) is 40.0 Å². The van der Waals surface area contributed by atoms with Crippen molar-refractivity contribution in [1.82, 2.24) is 0 Å². The molecule has 0 amide bonds. The summed E-state index contributed by atoms with van der Waals surface area (Å²) in [4.78, 5) is 10.2. The van der Waals surface area contributed by atoms with E-state index in [-0.39, 0.29) is 6.04 Å². The molecule has 66 valence electrons. The molecule has 0 fully saturated rings. The van der Waals surface area contributed by atoms with E-state index >= 15 is 0 Å². The summed E-state index contributed by atoms with van der Waals surface area (Å²) in [7, 11) is 0. The fourth-order valence-electron chi connectivity index (χ4n) is 0.902. The minimum absolute atomic E-state index is 0.234. The van der Waals surface area contributed by atoms with Crippen LogP contribution < -0.4 is 5.73 Å². The largest absolute Gasteiger partial charge is 0.328 e. The topological polar surface area (TPSA) is 55.4 Å². The highest BCUT2D eigenvalue weighted by molar-refractivity contribution is 4.76. The van der Waals surface area contributed by atoms with Crippen LogP contribution in [0.25, 0.3) is 0 Å². The Hall–Kier alpha value is -0.440. The first kappa shape index (κ1) is 10.6. The Morgan fingerprint density at radius 2 is 2.09 bits per heavy atom. The van der Waals surface area contributed by atoms with Crippen molar-refractivity contribution < 1.29 is 0 Å². The van der Waals surface area contributed by atoms with Crippen molar-refractivity contribution in [2.45, 2.75) is 51.6 Å². The van der Waals surface area contributed by atoms with Gasteiger partial charge >= 0.3 is 0 Å². The highest BCUT2D eigenvalue weighted by atomic mass is 16.3. The summed E-state index contributed by atoms with van der Waals surface area (Å²) in [5, 5.41) is 3.03. The Bertz CT molecular complexity index is 121. The Labute approximate surface area is 68.3 Å². The summed E-state index contributed by atoms with van der Waals surface area (Å²) in [5.41, 5.74) is 5.15. The van der Waals surface area contributed by atoms with Crippen molar-refractivity contribution in [3.63, 3.8) is 0 Å². The zero-order valence-electron chi connectivity index (χ0n) is 7.63. The van der Waals surface area contributed by atoms with Crippen molar-refractivity contribution in [3.05, 3.63) is 4.91 Å². The molecule has 3 nitrogen and oxygen atoms in total. The van der Waals surface area contributed by atoms with Crippen molar-refractivity contribution in [2.24, 2.45) is 10.9 Å². The molecule has 2 N–H and O–H groups in total. The van der Waals surface area contributed by atoms with Crippen LogP contribution in [-0.4, -0.2) is 11.6 Å². The van der Waals surface area contributed by atoms with E-state index in [0.29, 0.717) is 0 Å². The maximum absolute atomic E-state index is 10.2. The number of nitrogens with two attached hydrogens (primary N) is 1. The molecule has 3 heteroatoms. The molecule has 0 aliphatic carbocycles. The second-order valence-electron chi connectivity index (χ2n) is 3.77. The molecule has 0 radical (unpaired) electrons. The van der Waals surface area contributed by atoms with Gasteiger partial charge in [0.05, 0.1) is 5.54 Å². The number of hydrogen-bond acceptors (Lipinski definition) is 3. The number of rotatable bonds is 5. The molecule has 1 atom stereocenters. The molecule has 0 aliphatic rings. The second-order valence-corrected chi connectivity index (χ2v) is 3.77. The van der Waals surface area contributed by atoms with E-state index in [2.05, 4.69) is 5.18 Å². The maximum atomic E-state index is 10.2. The van der Waals surface area contributed by atoms with Crippen molar-refractivity contribution in [2.75, 3.05) is 0 Å². The first-order valence-corrected chi connectivity index (χ1v) is 4.08. The third kappa shape index (κ3) is 5.98. The minimum Gasteiger partial charge on any atom is -0.328 e. The Kier molecular flexibility index (Phi) is 4.26. The molecule has 0 aromatic carbocycles. The standard InChI is InChI=1S/C8H18N2O/c1-7(9)5-4-6-8(2,3)10-11/h7H,4-6,9H2,1-3H3/t7-/m0/s1. The lowest BCUT2D eigenvalue weighted by Crippen LogP contribution is -2.19. The molecule has 0 aromatic rings. The summed E-state index contributed by atoms with van der Waals surface area (Å²) < 4.78 is 0. The predicted molar refractivity (Wildman–Crippen MR) is 47.4 cm³/mol. The van der Waals surface area contributed by atoms with Crippen LogP contribution in [-0.2, 0) is 0 Å². The van der Waals surface area contributed by atoms with Crippen molar-refractivity contribution in [1.29, 1.82) is 0 Å². The number of nitroso groups, excluding NO2 is 1. The fraction of sp³-hybridized carbons (Fsp3) is 1.00. The van der Waals surface area contributed by atoms with E-state index in [1.807, 2.05) is 20.8 Å². The Morgan fingerprint density at radius 3 is 2.45 bits per heavy atom. The molecular weight excluding hydrogens is 140 g/mol. The van der Waals surface area contributed by atoms with Crippen LogP contribution in [0, 0.1) is 4.91 Å². The molecule has 0 unspecified atom stereocenters. The molecule has 0 saturated carbocycles. The predicted octanol–water partition coefficient (Wildman–Crippen LogP) is 2.05. The summed E-state index contributed by atoms with van der Waals surface area (Å²) in [6, 6.07) is 0.234. The number of nitrogens with zero attached hydrogens (tertiary/aromatic N) is 1. The van der Waals surface area contributed by atoms with Crippen LogP contribution in [0.2, 0.25) is 0 Å². The van der Waals surface area contributed by atoms with Crippen molar-refractivity contribution in [3.8, 4) is 0 Å². The quantitative estimate of drug-likeness (QED) is 0.622. The lowest BCUT2D eigenvalue weighted by atomic mass is 9.97. The smallest absolute Gasteiger partial charge is 0.0970 e. The fourth-order valence-corrected chi connectivity index (χ4v) is 0.902. The molecule has 0 heterocycles. The van der Waals surface area contributed by atoms with Crippen LogP contribution >= 0.6 is 0 Å². The van der Waals surface area contributed by atoms with E-state index in [1.54, 1.807) is 0 Å². The van der Waals surface area contributed by atoms with Crippen LogP contribution in [0.4, 0.5) is 0 Å². The van der Waals surface area contributed by atoms with Gasteiger partial charge in [-0.1, -0.05) is 5.18 Å². The zero-order chi connectivity index (χ0) is 8.91. The van der Waals surface area contributed by atoms with Gasteiger partial charge in [-0.3, -0.25) is 0 Å². The van der Waals surface area contributed by atoms with Gasteiger partial charge < -0.3 is 5.73 Å². The first-order chi connectivity index (χ1) is 4.98. The summed E-state index contributed by atoms with van der Waals surface area (Å²) in [6.45, 7) is 5.67. The SMILES string of the molecule is C[C@H](N)CCCC(C)(C)N=O. The average molecular weight is 158 g/mol. The van der Waals surface area contributed by atoms with Crippen LogP contribution in [0.3, 0.4) is 0 Å². The normalized spacial score (nSPS) is 14.5. The van der Waals surface area contributed by atoms with E-state index < -0.39 is 5.54 Å². The first-order valence-electron chi connectivity index (χ1n) is 4.08. The van der Waals surface area contributed by atoms with Crippen molar-refractivity contribution >= 4 is 0 Å². The summed E-state index contributed by atoms with van der Waals surface area (Å²) in [6.07, 6.45) is 2.79. The highest BCUT2D eigenvalue weighted by Crippen LogP contribution is 2.17. The molecular formula is C8H18N2O. The average Bonchev–Trinajstić information content (AvgIpc) is 1.87. The van der Waals surface area contributed by atoms with Gasteiger partial charge in [-0.25, -0.2) is 0 Å². The number of hydrogen-bond donors (Lipinski definition) is 1.